The van der Waals surface area contributed by atoms with E-state index < -0.39 is 10.1 Å². The Morgan fingerprint density at radius 1 is 1.55 bits per heavy atom. The van der Waals surface area contributed by atoms with Gasteiger partial charge in [-0.25, -0.2) is 19.1 Å². The van der Waals surface area contributed by atoms with Crippen LogP contribution in [0, 0.1) is 0 Å². The first kappa shape index (κ1) is 8.18. The molecule has 6 heteroatoms. The molecule has 1 heterocycles. The summed E-state index contributed by atoms with van der Waals surface area (Å²) in [6, 6.07) is 0. The molecule has 0 saturated heterocycles. The van der Waals surface area contributed by atoms with Crippen LogP contribution in [0.25, 0.3) is 0 Å². The van der Waals surface area contributed by atoms with Crippen LogP contribution in [0.5, 0.6) is 0 Å². The number of hydrogen-bond donors (Lipinski definition) is 0. The van der Waals surface area contributed by atoms with Gasteiger partial charge in [0.2, 0.25) is 0 Å². The molecule has 0 aliphatic heterocycles. The predicted octanol–water partition coefficient (Wildman–Crippen LogP) is 1.42. The first-order valence-corrected chi connectivity index (χ1v) is 3.67. The number of rotatable bonds is 0. The quantitative estimate of drug-likeness (QED) is 0.405. The summed E-state index contributed by atoms with van der Waals surface area (Å²) in [5.41, 5.74) is 0. The Bertz CT molecular complexity index is 269. The van der Waals surface area contributed by atoms with Gasteiger partial charge in [-0.15, -0.1) is 0 Å². The van der Waals surface area contributed by atoms with Gasteiger partial charge in [-0.2, -0.15) is 0 Å². The van der Waals surface area contributed by atoms with E-state index in [9.17, 15) is 9.59 Å². The summed E-state index contributed by atoms with van der Waals surface area (Å²) in [5, 5.41) is 0. The Morgan fingerprint density at radius 3 is 2.73 bits per heavy atom. The zero-order valence-electron chi connectivity index (χ0n) is 5.23. The zero-order valence-corrected chi connectivity index (χ0v) is 7.39. The average molecular weight is 266 g/mol. The topological polar surface area (TPSA) is 61.2 Å². The fourth-order valence-electron chi connectivity index (χ4n) is 0.488. The van der Waals surface area contributed by atoms with Crippen molar-refractivity contribution in [2.45, 2.75) is 0 Å². The molecule has 11 heavy (non-hydrogen) atoms. The Kier molecular flexibility index (Phi) is 2.58. The lowest BCUT2D eigenvalue weighted by Gasteiger charge is -1.96. The standard InChI is InChI=1S/C5H3IN2O3/c6-4(9)11-5(10)8-2-1-7-3-8/h1-3H. The van der Waals surface area contributed by atoms with Crippen molar-refractivity contribution in [2.75, 3.05) is 0 Å². The molecule has 0 aliphatic carbocycles. The first-order valence-electron chi connectivity index (χ1n) is 2.60. The minimum absolute atomic E-state index is 0.665. The maximum atomic E-state index is 10.8. The van der Waals surface area contributed by atoms with Crippen LogP contribution in [-0.4, -0.2) is 19.6 Å². The van der Waals surface area contributed by atoms with E-state index >= 15 is 0 Å². The molecule has 0 atom stereocenters. The number of carbonyl (C=O) groups is 2. The molecular formula is C5H3IN2O3. The van der Waals surface area contributed by atoms with E-state index in [1.165, 1.54) is 41.3 Å². The van der Waals surface area contributed by atoms with Crippen molar-refractivity contribution in [1.29, 1.82) is 0 Å². The third-order valence-electron chi connectivity index (χ3n) is 0.883. The second kappa shape index (κ2) is 3.46. The zero-order chi connectivity index (χ0) is 8.27. The van der Waals surface area contributed by atoms with E-state index in [4.69, 9.17) is 0 Å². The van der Waals surface area contributed by atoms with E-state index in [0.717, 1.165) is 4.57 Å². The molecular weight excluding hydrogens is 263 g/mol. The summed E-state index contributed by atoms with van der Waals surface area (Å²) in [6.45, 7) is 0. The van der Waals surface area contributed by atoms with Crippen LogP contribution in [0.4, 0.5) is 9.59 Å². The normalized spacial score (nSPS) is 9.18. The van der Waals surface area contributed by atoms with Crippen molar-refractivity contribution >= 4 is 32.7 Å². The summed E-state index contributed by atoms with van der Waals surface area (Å²) in [7, 11) is 0. The molecule has 1 aromatic heterocycles. The van der Waals surface area contributed by atoms with E-state index in [1.54, 1.807) is 0 Å². The van der Waals surface area contributed by atoms with Crippen LogP contribution >= 0.6 is 22.6 Å². The van der Waals surface area contributed by atoms with Crippen LogP contribution in [0.15, 0.2) is 18.7 Å². The highest BCUT2D eigenvalue weighted by Crippen LogP contribution is 1.95. The highest BCUT2D eigenvalue weighted by atomic mass is 127. The fourth-order valence-corrected chi connectivity index (χ4v) is 0.677. The van der Waals surface area contributed by atoms with Crippen LogP contribution in [0.1, 0.15) is 0 Å². The summed E-state index contributed by atoms with van der Waals surface area (Å²) < 4.78 is 4.63. The van der Waals surface area contributed by atoms with E-state index in [0.29, 0.717) is 0 Å². The largest absolute Gasteiger partial charge is 0.427 e. The van der Waals surface area contributed by atoms with Gasteiger partial charge >= 0.3 is 10.1 Å². The van der Waals surface area contributed by atoms with Gasteiger partial charge in [0.1, 0.15) is 6.33 Å². The van der Waals surface area contributed by atoms with Crippen molar-refractivity contribution in [3.05, 3.63) is 18.7 Å². The number of aromatic nitrogens is 2. The van der Waals surface area contributed by atoms with Crippen LogP contribution in [0.3, 0.4) is 0 Å². The number of nitrogens with zero attached hydrogens (tertiary/aromatic N) is 2. The van der Waals surface area contributed by atoms with Crippen LogP contribution < -0.4 is 0 Å². The second-order valence-corrected chi connectivity index (χ2v) is 2.46. The van der Waals surface area contributed by atoms with Crippen LogP contribution in [-0.2, 0) is 4.74 Å². The van der Waals surface area contributed by atoms with E-state index in [2.05, 4.69) is 9.72 Å². The van der Waals surface area contributed by atoms with Gasteiger partial charge in [-0.3, -0.25) is 0 Å². The summed E-state index contributed by atoms with van der Waals surface area (Å²) in [6.07, 6.45) is 3.31. The van der Waals surface area contributed by atoms with Gasteiger partial charge in [0.25, 0.3) is 0 Å². The SMILES string of the molecule is O=C(I)OC(=O)n1ccnc1. The molecule has 0 fully saturated rings. The molecule has 1 rings (SSSR count). The Labute approximate surface area is 75.5 Å². The molecule has 0 unspecified atom stereocenters. The van der Waals surface area contributed by atoms with Crippen molar-refractivity contribution in [2.24, 2.45) is 0 Å². The van der Waals surface area contributed by atoms with Gasteiger partial charge < -0.3 is 4.74 Å². The highest BCUT2D eigenvalue weighted by molar-refractivity contribution is 14.1. The monoisotopic (exact) mass is 266 g/mol. The lowest BCUT2D eigenvalue weighted by molar-refractivity contribution is 0.170. The molecule has 0 amide bonds. The van der Waals surface area contributed by atoms with Gasteiger partial charge in [0, 0.05) is 12.4 Å². The van der Waals surface area contributed by atoms with Crippen molar-refractivity contribution in [3.63, 3.8) is 0 Å². The number of ether oxygens (including phenoxy) is 1. The molecule has 1 aromatic rings. The molecule has 0 bridgehead atoms. The van der Waals surface area contributed by atoms with E-state index in [1.807, 2.05) is 0 Å². The third kappa shape index (κ3) is 2.30. The smallest absolute Gasteiger partial charge is 0.368 e. The summed E-state index contributed by atoms with van der Waals surface area (Å²) >= 11 is 1.37. The number of hydrogen-bond acceptors (Lipinski definition) is 4. The highest BCUT2D eigenvalue weighted by Gasteiger charge is 2.07. The average Bonchev–Trinajstić information content (AvgIpc) is 2.35. The van der Waals surface area contributed by atoms with Crippen molar-refractivity contribution < 1.29 is 14.3 Å². The molecule has 0 spiro atoms. The Hall–Kier alpha value is -0.920. The molecule has 0 aromatic carbocycles. The molecule has 58 valence electrons. The van der Waals surface area contributed by atoms with Crippen molar-refractivity contribution in [3.8, 4) is 0 Å². The van der Waals surface area contributed by atoms with Crippen LogP contribution in [0.2, 0.25) is 0 Å². The third-order valence-corrected chi connectivity index (χ3v) is 1.10. The minimum Gasteiger partial charge on any atom is -0.368 e. The lowest BCUT2D eigenvalue weighted by Crippen LogP contribution is -2.12. The Morgan fingerprint density at radius 2 is 2.27 bits per heavy atom. The molecule has 0 N–H and O–H groups in total. The molecule has 0 radical (unpaired) electrons. The van der Waals surface area contributed by atoms with Gasteiger partial charge in [0.05, 0.1) is 22.6 Å². The first-order chi connectivity index (χ1) is 5.20. The second-order valence-electron chi connectivity index (χ2n) is 1.58. The van der Waals surface area contributed by atoms with Gasteiger partial charge in [-0.1, -0.05) is 0 Å². The number of halogens is 1. The maximum absolute atomic E-state index is 10.8. The molecule has 5 nitrogen and oxygen atoms in total. The van der Waals surface area contributed by atoms with Gasteiger partial charge in [0.15, 0.2) is 0 Å². The van der Waals surface area contributed by atoms with Crippen molar-refractivity contribution in [1.82, 2.24) is 9.55 Å². The number of imidazole rings is 1. The Balaban J connectivity index is 2.64. The molecule has 0 saturated carbocycles. The predicted molar refractivity (Wildman–Crippen MR) is 43.5 cm³/mol. The minimum atomic E-state index is -0.748. The lowest BCUT2D eigenvalue weighted by atomic mass is 10.9. The maximum Gasteiger partial charge on any atom is 0.427 e. The fraction of sp³-hybridized carbons (Fsp3) is 0. The van der Waals surface area contributed by atoms with Gasteiger partial charge in [-0.05, 0) is 0 Å². The molecule has 0 aliphatic rings. The summed E-state index contributed by atoms with van der Waals surface area (Å²) in [5.74, 6) is 0. The van der Waals surface area contributed by atoms with E-state index in [-0.39, 0.29) is 0 Å². The number of carbonyl (C=O) groups excluding carboxylic acids is 2. The summed E-state index contributed by atoms with van der Waals surface area (Å²) in [4.78, 5) is 24.6.